The molecule has 17 heavy (non-hydrogen) atoms. The Hall–Kier alpha value is -2.09. The Morgan fingerprint density at radius 3 is 2.88 bits per heavy atom. The van der Waals surface area contributed by atoms with Crippen LogP contribution in [0.3, 0.4) is 0 Å². The number of nitrogens with zero attached hydrogens (tertiary/aromatic N) is 2. The molecule has 0 bridgehead atoms. The summed E-state index contributed by atoms with van der Waals surface area (Å²) in [4.78, 5) is 15.2. The monoisotopic (exact) mass is 232 g/mol. The molecule has 0 aliphatic rings. The first-order valence-corrected chi connectivity index (χ1v) is 5.63. The number of pyridine rings is 1. The van der Waals surface area contributed by atoms with E-state index in [1.807, 2.05) is 13.0 Å². The summed E-state index contributed by atoms with van der Waals surface area (Å²) in [6.45, 7) is 3.29. The van der Waals surface area contributed by atoms with Crippen molar-refractivity contribution in [3.05, 3.63) is 24.0 Å². The molecule has 1 aromatic rings. The van der Waals surface area contributed by atoms with Crippen LogP contribution in [0.4, 0.5) is 5.69 Å². The highest BCUT2D eigenvalue weighted by molar-refractivity contribution is 5.76. The molecule has 0 spiro atoms. The van der Waals surface area contributed by atoms with Gasteiger partial charge in [0.15, 0.2) is 0 Å². The molecule has 1 rings (SSSR count). The molecule has 0 radical (unpaired) electrons. The molecule has 1 heterocycles. The smallest absolute Gasteiger partial charge is 0.221 e. The molecule has 0 saturated carbocycles. The van der Waals surface area contributed by atoms with Crippen molar-refractivity contribution in [3.8, 4) is 6.07 Å². The fourth-order valence-corrected chi connectivity index (χ4v) is 1.24. The summed E-state index contributed by atoms with van der Waals surface area (Å²) >= 11 is 0. The van der Waals surface area contributed by atoms with Crippen molar-refractivity contribution in [2.75, 3.05) is 18.4 Å². The maximum absolute atomic E-state index is 11.3. The van der Waals surface area contributed by atoms with Crippen LogP contribution in [-0.2, 0) is 4.79 Å². The number of aromatic nitrogens is 1. The van der Waals surface area contributed by atoms with E-state index in [1.54, 1.807) is 18.3 Å². The lowest BCUT2D eigenvalue weighted by Gasteiger charge is -2.06. The summed E-state index contributed by atoms with van der Waals surface area (Å²) in [7, 11) is 0. The first kappa shape index (κ1) is 13.0. The second-order valence-electron chi connectivity index (χ2n) is 3.57. The van der Waals surface area contributed by atoms with Gasteiger partial charge in [-0.1, -0.05) is 6.92 Å². The van der Waals surface area contributed by atoms with Crippen molar-refractivity contribution < 1.29 is 4.79 Å². The average molecular weight is 232 g/mol. The molecule has 1 amide bonds. The van der Waals surface area contributed by atoms with Crippen LogP contribution < -0.4 is 10.6 Å². The molecular formula is C12H16N4O. The van der Waals surface area contributed by atoms with Crippen LogP contribution in [0, 0.1) is 11.3 Å². The van der Waals surface area contributed by atoms with Gasteiger partial charge in [-0.25, -0.2) is 4.98 Å². The highest BCUT2D eigenvalue weighted by Gasteiger charge is 1.99. The Bertz CT molecular complexity index is 394. The van der Waals surface area contributed by atoms with Crippen molar-refractivity contribution in [1.29, 1.82) is 5.26 Å². The maximum atomic E-state index is 11.3. The zero-order valence-corrected chi connectivity index (χ0v) is 9.86. The minimum Gasteiger partial charge on any atom is -0.383 e. The number of amides is 1. The second-order valence-corrected chi connectivity index (χ2v) is 3.57. The molecule has 0 atom stereocenters. The molecule has 90 valence electrons. The Morgan fingerprint density at radius 1 is 1.47 bits per heavy atom. The van der Waals surface area contributed by atoms with Crippen LogP contribution in [0.1, 0.15) is 25.5 Å². The topological polar surface area (TPSA) is 77.8 Å². The van der Waals surface area contributed by atoms with E-state index in [0.29, 0.717) is 18.7 Å². The van der Waals surface area contributed by atoms with Crippen LogP contribution in [0.2, 0.25) is 0 Å². The minimum atomic E-state index is 0.0426. The van der Waals surface area contributed by atoms with Crippen LogP contribution in [0.25, 0.3) is 0 Å². The zero-order valence-electron chi connectivity index (χ0n) is 9.86. The van der Waals surface area contributed by atoms with E-state index < -0.39 is 0 Å². The van der Waals surface area contributed by atoms with Gasteiger partial charge < -0.3 is 10.6 Å². The van der Waals surface area contributed by atoms with Crippen LogP contribution in [-0.4, -0.2) is 24.0 Å². The van der Waals surface area contributed by atoms with Gasteiger partial charge in [0.2, 0.25) is 5.91 Å². The number of hydrogen-bond donors (Lipinski definition) is 2. The second kappa shape index (κ2) is 7.23. The van der Waals surface area contributed by atoms with Gasteiger partial charge in [0, 0.05) is 19.5 Å². The van der Waals surface area contributed by atoms with E-state index in [0.717, 1.165) is 18.7 Å². The number of rotatable bonds is 6. The van der Waals surface area contributed by atoms with Crippen molar-refractivity contribution in [1.82, 2.24) is 10.3 Å². The number of carbonyl (C=O) groups excluding carboxylic acids is 1. The van der Waals surface area contributed by atoms with Crippen molar-refractivity contribution in [2.45, 2.75) is 19.8 Å². The van der Waals surface area contributed by atoms with Crippen molar-refractivity contribution in [3.63, 3.8) is 0 Å². The number of hydrogen-bond acceptors (Lipinski definition) is 4. The first-order valence-electron chi connectivity index (χ1n) is 5.63. The van der Waals surface area contributed by atoms with Gasteiger partial charge in [-0.05, 0) is 18.6 Å². The molecule has 0 aliphatic carbocycles. The first-order chi connectivity index (χ1) is 8.26. The summed E-state index contributed by atoms with van der Waals surface area (Å²) in [5.41, 5.74) is 1.20. The highest BCUT2D eigenvalue weighted by Crippen LogP contribution is 2.05. The third-order valence-electron chi connectivity index (χ3n) is 2.13. The Labute approximate surface area is 101 Å². The van der Waals surface area contributed by atoms with E-state index in [2.05, 4.69) is 15.6 Å². The van der Waals surface area contributed by atoms with Gasteiger partial charge in [0.25, 0.3) is 0 Å². The fraction of sp³-hybridized carbons (Fsp3) is 0.417. The summed E-state index contributed by atoms with van der Waals surface area (Å²) in [6.07, 6.45) is 2.96. The largest absolute Gasteiger partial charge is 0.383 e. The lowest BCUT2D eigenvalue weighted by atomic mass is 10.3. The molecule has 5 nitrogen and oxygen atoms in total. The summed E-state index contributed by atoms with van der Waals surface area (Å²) in [5.74, 6) is 0.0426. The average Bonchev–Trinajstić information content (AvgIpc) is 2.37. The third kappa shape index (κ3) is 4.98. The normalized spacial score (nSPS) is 9.41. The molecule has 1 aromatic heterocycles. The Balaban J connectivity index is 2.26. The molecular weight excluding hydrogens is 216 g/mol. The molecule has 0 saturated heterocycles. The van der Waals surface area contributed by atoms with E-state index in [4.69, 9.17) is 5.26 Å². The predicted octanol–water partition coefficient (Wildman–Crippen LogP) is 1.28. The van der Waals surface area contributed by atoms with Gasteiger partial charge in [-0.15, -0.1) is 0 Å². The van der Waals surface area contributed by atoms with Gasteiger partial charge in [0.05, 0.1) is 11.9 Å². The van der Waals surface area contributed by atoms with Gasteiger partial charge in [-0.2, -0.15) is 5.26 Å². The number of nitrogens with one attached hydrogen (secondary N) is 2. The number of nitriles is 1. The molecule has 0 aliphatic heterocycles. The van der Waals surface area contributed by atoms with Crippen molar-refractivity contribution in [2.24, 2.45) is 0 Å². The van der Waals surface area contributed by atoms with E-state index in [-0.39, 0.29) is 5.91 Å². The number of carbonyl (C=O) groups is 1. The van der Waals surface area contributed by atoms with Gasteiger partial charge in [0.1, 0.15) is 11.8 Å². The summed E-state index contributed by atoms with van der Waals surface area (Å²) < 4.78 is 0. The highest BCUT2D eigenvalue weighted by atomic mass is 16.1. The summed E-state index contributed by atoms with van der Waals surface area (Å²) in [6, 6.07) is 5.36. The fourth-order valence-electron chi connectivity index (χ4n) is 1.24. The van der Waals surface area contributed by atoms with Crippen LogP contribution in [0.5, 0.6) is 0 Å². The summed E-state index contributed by atoms with van der Waals surface area (Å²) in [5, 5.41) is 14.4. The molecule has 5 heteroatoms. The van der Waals surface area contributed by atoms with Crippen molar-refractivity contribution >= 4 is 11.6 Å². The molecule has 0 fully saturated rings. The minimum absolute atomic E-state index is 0.0426. The lowest BCUT2D eigenvalue weighted by Crippen LogP contribution is -2.25. The zero-order chi connectivity index (χ0) is 12.5. The molecule has 0 unspecified atom stereocenters. The Kier molecular flexibility index (Phi) is 5.52. The van der Waals surface area contributed by atoms with E-state index >= 15 is 0 Å². The van der Waals surface area contributed by atoms with Crippen LogP contribution in [0.15, 0.2) is 18.3 Å². The van der Waals surface area contributed by atoms with Gasteiger partial charge in [-0.3, -0.25) is 4.79 Å². The lowest BCUT2D eigenvalue weighted by molar-refractivity contribution is -0.120. The predicted molar refractivity (Wildman–Crippen MR) is 65.4 cm³/mol. The van der Waals surface area contributed by atoms with E-state index in [9.17, 15) is 4.79 Å². The Morgan fingerprint density at radius 2 is 2.29 bits per heavy atom. The van der Waals surface area contributed by atoms with Crippen LogP contribution >= 0.6 is 0 Å². The molecule has 0 aromatic carbocycles. The maximum Gasteiger partial charge on any atom is 0.221 e. The third-order valence-corrected chi connectivity index (χ3v) is 2.13. The van der Waals surface area contributed by atoms with Gasteiger partial charge >= 0.3 is 0 Å². The number of anilines is 1. The SMILES string of the molecule is CCCNC(=O)CCNc1ccc(C#N)nc1. The quantitative estimate of drug-likeness (QED) is 0.774. The van der Waals surface area contributed by atoms with E-state index in [1.165, 1.54) is 0 Å². The molecule has 2 N–H and O–H groups in total. The standard InChI is InChI=1S/C12H16N4O/c1-2-6-15-12(17)5-7-14-11-4-3-10(8-13)16-9-11/h3-4,9,14H,2,5-7H2,1H3,(H,15,17).